The first-order valence-electron chi connectivity index (χ1n) is 8.21. The maximum absolute atomic E-state index is 12.2. The fraction of sp³-hybridized carbons (Fsp3) is 0.278. The third-order valence-electron chi connectivity index (χ3n) is 3.72. The number of anilines is 1. The van der Waals surface area contributed by atoms with Crippen molar-refractivity contribution in [3.05, 3.63) is 48.0 Å². The topological polar surface area (TPSA) is 93.7 Å². The molecule has 158 valence electrons. The summed E-state index contributed by atoms with van der Waals surface area (Å²) >= 11 is 0. The highest BCUT2D eigenvalue weighted by molar-refractivity contribution is 7.89. The lowest BCUT2D eigenvalue weighted by atomic mass is 10.1. The van der Waals surface area contributed by atoms with Crippen molar-refractivity contribution in [3.8, 4) is 11.5 Å². The van der Waals surface area contributed by atoms with Crippen LogP contribution in [0.2, 0.25) is 0 Å². The smallest absolute Gasteiger partial charge is 0.402 e. The molecule has 0 bridgehead atoms. The van der Waals surface area contributed by atoms with E-state index in [1.165, 1.54) is 31.1 Å². The van der Waals surface area contributed by atoms with Crippen LogP contribution in [-0.4, -0.2) is 41.3 Å². The Morgan fingerprint density at radius 3 is 2.17 bits per heavy atom. The number of amides is 1. The van der Waals surface area contributed by atoms with Crippen molar-refractivity contribution in [2.24, 2.45) is 0 Å². The maximum atomic E-state index is 12.2. The number of ether oxygens (including phenoxy) is 2. The van der Waals surface area contributed by atoms with Gasteiger partial charge in [0.05, 0.1) is 25.5 Å². The van der Waals surface area contributed by atoms with Crippen molar-refractivity contribution in [2.45, 2.75) is 17.5 Å². The molecule has 0 fully saturated rings. The first-order valence-corrected chi connectivity index (χ1v) is 9.69. The molecule has 2 rings (SSSR count). The summed E-state index contributed by atoms with van der Waals surface area (Å²) < 4.78 is 72.0. The molecule has 0 unspecified atom stereocenters. The number of hydrogen-bond acceptors (Lipinski definition) is 5. The van der Waals surface area contributed by atoms with Crippen LogP contribution in [0.3, 0.4) is 0 Å². The van der Waals surface area contributed by atoms with Gasteiger partial charge < -0.3 is 14.8 Å². The second kappa shape index (κ2) is 9.14. The summed E-state index contributed by atoms with van der Waals surface area (Å²) in [6.07, 6.45) is -4.64. The van der Waals surface area contributed by atoms with Crippen LogP contribution in [0.1, 0.15) is 5.56 Å². The Kier molecular flexibility index (Phi) is 7.09. The molecule has 0 aliphatic carbocycles. The summed E-state index contributed by atoms with van der Waals surface area (Å²) in [4.78, 5) is 11.8. The van der Waals surface area contributed by atoms with E-state index >= 15 is 0 Å². The van der Waals surface area contributed by atoms with Gasteiger partial charge in [-0.15, -0.1) is 0 Å². The molecule has 0 saturated carbocycles. The third kappa shape index (κ3) is 6.64. The minimum Gasteiger partial charge on any atom is -0.493 e. The molecule has 11 heteroatoms. The van der Waals surface area contributed by atoms with E-state index < -0.39 is 22.7 Å². The van der Waals surface area contributed by atoms with Crippen LogP contribution in [-0.2, 0) is 21.2 Å². The molecule has 0 aliphatic heterocycles. The summed E-state index contributed by atoms with van der Waals surface area (Å²) in [5, 5.41) is 2.59. The van der Waals surface area contributed by atoms with E-state index in [4.69, 9.17) is 9.47 Å². The molecule has 2 aromatic rings. The van der Waals surface area contributed by atoms with Crippen molar-refractivity contribution in [1.82, 2.24) is 4.72 Å². The third-order valence-corrected chi connectivity index (χ3v) is 5.14. The second-order valence-corrected chi connectivity index (χ2v) is 7.65. The Labute approximate surface area is 165 Å². The molecule has 0 spiro atoms. The van der Waals surface area contributed by atoms with Crippen LogP contribution >= 0.6 is 0 Å². The largest absolute Gasteiger partial charge is 0.493 e. The van der Waals surface area contributed by atoms with Gasteiger partial charge in [0.15, 0.2) is 11.5 Å². The fourth-order valence-corrected chi connectivity index (χ4v) is 3.37. The quantitative estimate of drug-likeness (QED) is 0.669. The molecule has 1 amide bonds. The molecule has 0 aliphatic rings. The van der Waals surface area contributed by atoms with E-state index in [1.54, 1.807) is 18.2 Å². The number of halogens is 3. The zero-order chi connectivity index (χ0) is 21.7. The molecule has 2 aromatic carbocycles. The van der Waals surface area contributed by atoms with Crippen LogP contribution in [0, 0.1) is 0 Å². The first kappa shape index (κ1) is 22.5. The Morgan fingerprint density at radius 2 is 1.62 bits per heavy atom. The number of methoxy groups -OCH3 is 2. The number of carbonyl (C=O) groups excluding carboxylic acids is 1. The normalized spacial score (nSPS) is 11.8. The van der Waals surface area contributed by atoms with Gasteiger partial charge in [-0.1, -0.05) is 6.07 Å². The number of nitrogens with one attached hydrogen (secondary N) is 2. The van der Waals surface area contributed by atoms with Crippen LogP contribution in [0.15, 0.2) is 47.4 Å². The number of sulfonamides is 1. The van der Waals surface area contributed by atoms with Gasteiger partial charge in [0.1, 0.15) is 6.54 Å². The Morgan fingerprint density at radius 1 is 1.00 bits per heavy atom. The highest BCUT2D eigenvalue weighted by atomic mass is 32.2. The molecule has 2 N–H and O–H groups in total. The minimum atomic E-state index is -4.66. The molecule has 0 saturated heterocycles. The molecule has 0 atom stereocenters. The summed E-state index contributed by atoms with van der Waals surface area (Å²) in [6.45, 7) is -1.67. The van der Waals surface area contributed by atoms with Gasteiger partial charge in [-0.3, -0.25) is 4.79 Å². The van der Waals surface area contributed by atoms with Gasteiger partial charge >= 0.3 is 6.18 Å². The van der Waals surface area contributed by atoms with E-state index in [0.717, 1.165) is 12.1 Å². The van der Waals surface area contributed by atoms with Gasteiger partial charge in [0.25, 0.3) is 0 Å². The van der Waals surface area contributed by atoms with Crippen LogP contribution in [0.4, 0.5) is 18.9 Å². The highest BCUT2D eigenvalue weighted by Crippen LogP contribution is 2.27. The van der Waals surface area contributed by atoms with Crippen molar-refractivity contribution in [2.75, 3.05) is 26.1 Å². The molecule has 0 heterocycles. The molecule has 7 nitrogen and oxygen atoms in total. The Bertz CT molecular complexity index is 960. The van der Waals surface area contributed by atoms with Gasteiger partial charge in [0, 0.05) is 5.69 Å². The number of benzene rings is 2. The predicted molar refractivity (Wildman–Crippen MR) is 99.6 cm³/mol. The van der Waals surface area contributed by atoms with E-state index in [0.29, 0.717) is 22.7 Å². The maximum Gasteiger partial charge on any atom is 0.402 e. The summed E-state index contributed by atoms with van der Waals surface area (Å²) in [5.41, 5.74) is 0.959. The van der Waals surface area contributed by atoms with E-state index in [-0.39, 0.29) is 17.2 Å². The van der Waals surface area contributed by atoms with Crippen LogP contribution < -0.4 is 19.5 Å². The lowest BCUT2D eigenvalue weighted by molar-refractivity contribution is -0.121. The number of carbonyl (C=O) groups is 1. The van der Waals surface area contributed by atoms with Gasteiger partial charge in [-0.2, -0.15) is 13.2 Å². The van der Waals surface area contributed by atoms with Crippen molar-refractivity contribution in [3.63, 3.8) is 0 Å². The number of hydrogen-bond donors (Lipinski definition) is 2. The molecular formula is C18H19F3N2O5S. The standard InChI is InChI=1S/C18H19F3N2O5S/c1-27-15-8-3-12(9-16(15)28-2)10-17(24)23-13-4-6-14(7-5-13)29(25,26)22-11-18(19,20)21/h3-9,22H,10-11H2,1-2H3,(H,23,24). The summed E-state index contributed by atoms with van der Waals surface area (Å²) in [6, 6.07) is 9.79. The second-order valence-electron chi connectivity index (χ2n) is 5.88. The van der Waals surface area contributed by atoms with E-state index in [9.17, 15) is 26.4 Å². The molecular weight excluding hydrogens is 413 g/mol. The van der Waals surface area contributed by atoms with Crippen molar-refractivity contribution < 1.29 is 35.9 Å². The molecule has 0 aromatic heterocycles. The lowest BCUT2D eigenvalue weighted by Crippen LogP contribution is -2.33. The first-order chi connectivity index (χ1) is 13.5. The van der Waals surface area contributed by atoms with Gasteiger partial charge in [0.2, 0.25) is 15.9 Å². The summed E-state index contributed by atoms with van der Waals surface area (Å²) in [7, 11) is -1.34. The SMILES string of the molecule is COc1ccc(CC(=O)Nc2ccc(S(=O)(=O)NCC(F)(F)F)cc2)cc1OC. The zero-order valence-electron chi connectivity index (χ0n) is 15.5. The predicted octanol–water partition coefficient (Wildman–Crippen LogP) is 2.73. The van der Waals surface area contributed by atoms with Crippen molar-refractivity contribution >= 4 is 21.6 Å². The molecule has 29 heavy (non-hydrogen) atoms. The number of rotatable bonds is 8. The Balaban J connectivity index is 2.01. The Hall–Kier alpha value is -2.79. The lowest BCUT2D eigenvalue weighted by Gasteiger charge is -2.11. The monoisotopic (exact) mass is 432 g/mol. The average molecular weight is 432 g/mol. The van der Waals surface area contributed by atoms with Gasteiger partial charge in [-0.25, -0.2) is 13.1 Å². The van der Waals surface area contributed by atoms with Crippen LogP contribution in [0.5, 0.6) is 11.5 Å². The fourth-order valence-electron chi connectivity index (χ4n) is 2.36. The van der Waals surface area contributed by atoms with Crippen LogP contribution in [0.25, 0.3) is 0 Å². The molecule has 0 radical (unpaired) electrons. The average Bonchev–Trinajstić information content (AvgIpc) is 2.66. The highest BCUT2D eigenvalue weighted by Gasteiger charge is 2.30. The number of alkyl halides is 3. The van der Waals surface area contributed by atoms with Crippen molar-refractivity contribution in [1.29, 1.82) is 0 Å². The van der Waals surface area contributed by atoms with Gasteiger partial charge in [-0.05, 0) is 42.0 Å². The summed E-state index contributed by atoms with van der Waals surface area (Å²) in [5.74, 6) is 0.620. The zero-order valence-corrected chi connectivity index (χ0v) is 16.4. The minimum absolute atomic E-state index is 0.0214. The van der Waals surface area contributed by atoms with E-state index in [2.05, 4.69) is 5.32 Å². The van der Waals surface area contributed by atoms with E-state index in [1.807, 2.05) is 0 Å².